The lowest BCUT2D eigenvalue weighted by Crippen LogP contribution is -2.27. The van der Waals surface area contributed by atoms with E-state index in [2.05, 4.69) is 10.6 Å². The van der Waals surface area contributed by atoms with Crippen molar-refractivity contribution in [1.29, 1.82) is 0 Å². The summed E-state index contributed by atoms with van der Waals surface area (Å²) in [6.07, 6.45) is -0.263. The summed E-state index contributed by atoms with van der Waals surface area (Å²) in [6, 6.07) is 12.3. The van der Waals surface area contributed by atoms with Gasteiger partial charge in [0.2, 0.25) is 11.8 Å². The zero-order chi connectivity index (χ0) is 19.6. The highest BCUT2D eigenvalue weighted by atomic mass is 16.5. The minimum Gasteiger partial charge on any atom is -0.494 e. The van der Waals surface area contributed by atoms with Crippen molar-refractivity contribution in [1.82, 2.24) is 5.32 Å². The largest absolute Gasteiger partial charge is 0.494 e. The molecule has 0 fully saturated rings. The monoisotopic (exact) mass is 372 g/mol. The highest BCUT2D eigenvalue weighted by Gasteiger charge is 2.11. The standard InChI is InChI=1S/C20H24N2O5/c1-4-27-16-8-6-15(7-9-16)22-20(24)12-19(23)21-13-14-5-10-17(25-2)18(11-14)26-3/h5-11H,4,12-13H2,1-3H3,(H,21,23)(H,22,24). The van der Waals surface area contributed by atoms with Crippen LogP contribution >= 0.6 is 0 Å². The zero-order valence-corrected chi connectivity index (χ0v) is 15.7. The van der Waals surface area contributed by atoms with Crippen LogP contribution in [-0.4, -0.2) is 32.6 Å². The van der Waals surface area contributed by atoms with Gasteiger partial charge in [0.25, 0.3) is 0 Å². The molecule has 0 aromatic heterocycles. The second kappa shape index (κ2) is 10.1. The molecule has 2 aromatic rings. The number of hydrogen-bond acceptors (Lipinski definition) is 5. The maximum Gasteiger partial charge on any atom is 0.233 e. The molecule has 2 rings (SSSR count). The summed E-state index contributed by atoms with van der Waals surface area (Å²) in [6.45, 7) is 2.76. The van der Waals surface area contributed by atoms with Crippen molar-refractivity contribution < 1.29 is 23.8 Å². The van der Waals surface area contributed by atoms with Crippen LogP contribution in [0.5, 0.6) is 17.2 Å². The fourth-order valence-electron chi connectivity index (χ4n) is 2.41. The lowest BCUT2D eigenvalue weighted by atomic mass is 10.2. The highest BCUT2D eigenvalue weighted by Crippen LogP contribution is 2.27. The number of amides is 2. The summed E-state index contributed by atoms with van der Waals surface area (Å²) < 4.78 is 15.7. The van der Waals surface area contributed by atoms with Gasteiger partial charge in [0, 0.05) is 12.2 Å². The Morgan fingerprint density at radius 3 is 2.26 bits per heavy atom. The minimum absolute atomic E-state index is 0.263. The van der Waals surface area contributed by atoms with E-state index < -0.39 is 0 Å². The van der Waals surface area contributed by atoms with Crippen molar-refractivity contribution in [2.45, 2.75) is 19.9 Å². The van der Waals surface area contributed by atoms with E-state index in [1.807, 2.05) is 13.0 Å². The van der Waals surface area contributed by atoms with Gasteiger partial charge in [-0.1, -0.05) is 6.07 Å². The van der Waals surface area contributed by atoms with E-state index >= 15 is 0 Å². The lowest BCUT2D eigenvalue weighted by molar-refractivity contribution is -0.126. The van der Waals surface area contributed by atoms with E-state index in [0.29, 0.717) is 23.8 Å². The number of carbonyl (C=O) groups excluding carboxylic acids is 2. The van der Waals surface area contributed by atoms with Crippen molar-refractivity contribution in [3.63, 3.8) is 0 Å². The number of ether oxygens (including phenoxy) is 3. The Labute approximate surface area is 158 Å². The average Bonchev–Trinajstić information content (AvgIpc) is 2.67. The van der Waals surface area contributed by atoms with E-state index in [9.17, 15) is 9.59 Å². The maximum absolute atomic E-state index is 12.0. The molecule has 2 N–H and O–H groups in total. The molecule has 0 saturated carbocycles. The third-order valence-corrected chi connectivity index (χ3v) is 3.71. The zero-order valence-electron chi connectivity index (χ0n) is 15.7. The third-order valence-electron chi connectivity index (χ3n) is 3.71. The van der Waals surface area contributed by atoms with Crippen LogP contribution in [0.2, 0.25) is 0 Å². The van der Waals surface area contributed by atoms with Crippen LogP contribution < -0.4 is 24.8 Å². The van der Waals surface area contributed by atoms with E-state index in [1.165, 1.54) is 0 Å². The van der Waals surface area contributed by atoms with Gasteiger partial charge >= 0.3 is 0 Å². The van der Waals surface area contributed by atoms with Gasteiger partial charge in [-0.15, -0.1) is 0 Å². The molecule has 0 unspecified atom stereocenters. The molecule has 0 aliphatic heterocycles. The van der Waals surface area contributed by atoms with Gasteiger partial charge in [-0.05, 0) is 48.9 Å². The van der Waals surface area contributed by atoms with Gasteiger partial charge < -0.3 is 24.8 Å². The Hall–Kier alpha value is -3.22. The van der Waals surface area contributed by atoms with E-state index in [-0.39, 0.29) is 24.8 Å². The van der Waals surface area contributed by atoms with Crippen molar-refractivity contribution in [3.8, 4) is 17.2 Å². The van der Waals surface area contributed by atoms with Crippen LogP contribution in [0.1, 0.15) is 18.9 Å². The molecule has 7 nitrogen and oxygen atoms in total. The predicted molar refractivity (Wildman–Crippen MR) is 102 cm³/mol. The summed E-state index contributed by atoms with van der Waals surface area (Å²) in [7, 11) is 3.10. The molecule has 0 aliphatic rings. The SMILES string of the molecule is CCOc1ccc(NC(=O)CC(=O)NCc2ccc(OC)c(OC)c2)cc1. The topological polar surface area (TPSA) is 85.9 Å². The molecule has 0 saturated heterocycles. The summed E-state index contributed by atoms with van der Waals surface area (Å²) in [4.78, 5) is 24.0. The molecule has 0 aliphatic carbocycles. The Kier molecular flexibility index (Phi) is 7.49. The normalized spacial score (nSPS) is 10.0. The van der Waals surface area contributed by atoms with E-state index in [4.69, 9.17) is 14.2 Å². The third kappa shape index (κ3) is 6.22. The molecule has 0 atom stereocenters. The van der Waals surface area contributed by atoms with Gasteiger partial charge in [-0.25, -0.2) is 0 Å². The minimum atomic E-state index is -0.385. The first-order valence-corrected chi connectivity index (χ1v) is 8.56. The fourth-order valence-corrected chi connectivity index (χ4v) is 2.41. The fraction of sp³-hybridized carbons (Fsp3) is 0.300. The van der Waals surface area contributed by atoms with E-state index in [1.54, 1.807) is 50.6 Å². The molecule has 144 valence electrons. The molecule has 2 aromatic carbocycles. The van der Waals surface area contributed by atoms with Crippen molar-refractivity contribution in [3.05, 3.63) is 48.0 Å². The predicted octanol–water partition coefficient (Wildman–Crippen LogP) is 2.75. The van der Waals surface area contributed by atoms with Gasteiger partial charge in [0.05, 0.1) is 20.8 Å². The second-order valence-corrected chi connectivity index (χ2v) is 5.65. The van der Waals surface area contributed by atoms with Gasteiger partial charge in [0.1, 0.15) is 12.2 Å². The van der Waals surface area contributed by atoms with Gasteiger partial charge in [-0.2, -0.15) is 0 Å². The first-order chi connectivity index (χ1) is 13.0. The smallest absolute Gasteiger partial charge is 0.233 e. The first-order valence-electron chi connectivity index (χ1n) is 8.56. The van der Waals surface area contributed by atoms with Crippen LogP contribution in [0.15, 0.2) is 42.5 Å². The number of anilines is 1. The number of carbonyl (C=O) groups is 2. The summed E-state index contributed by atoms with van der Waals surface area (Å²) in [5.41, 5.74) is 1.45. The van der Waals surface area contributed by atoms with E-state index in [0.717, 1.165) is 11.3 Å². The van der Waals surface area contributed by atoms with Crippen molar-refractivity contribution in [2.24, 2.45) is 0 Å². The van der Waals surface area contributed by atoms with Gasteiger partial charge in [0.15, 0.2) is 11.5 Å². The first kappa shape index (κ1) is 20.1. The molecule has 0 bridgehead atoms. The molecular formula is C20H24N2O5. The number of nitrogens with one attached hydrogen (secondary N) is 2. The summed E-state index contributed by atoms with van der Waals surface area (Å²) in [5.74, 6) is 1.17. The molecule has 0 spiro atoms. The highest BCUT2D eigenvalue weighted by molar-refractivity contribution is 6.03. The molecule has 27 heavy (non-hydrogen) atoms. The molecule has 0 radical (unpaired) electrons. The summed E-state index contributed by atoms with van der Waals surface area (Å²) in [5, 5.41) is 5.40. The number of hydrogen-bond donors (Lipinski definition) is 2. The van der Waals surface area contributed by atoms with Crippen LogP contribution in [0, 0.1) is 0 Å². The molecule has 7 heteroatoms. The molecular weight excluding hydrogens is 348 g/mol. The summed E-state index contributed by atoms with van der Waals surface area (Å²) >= 11 is 0. The molecule has 2 amide bonds. The van der Waals surface area contributed by atoms with Crippen LogP contribution in [0.25, 0.3) is 0 Å². The maximum atomic E-state index is 12.0. The Morgan fingerprint density at radius 2 is 1.63 bits per heavy atom. The molecule has 0 heterocycles. The Balaban J connectivity index is 1.82. The van der Waals surface area contributed by atoms with Crippen molar-refractivity contribution in [2.75, 3.05) is 26.1 Å². The quantitative estimate of drug-likeness (QED) is 0.661. The second-order valence-electron chi connectivity index (χ2n) is 5.65. The average molecular weight is 372 g/mol. The van der Waals surface area contributed by atoms with Crippen LogP contribution in [0.4, 0.5) is 5.69 Å². The Morgan fingerprint density at radius 1 is 0.926 bits per heavy atom. The number of methoxy groups -OCH3 is 2. The number of rotatable bonds is 9. The van der Waals surface area contributed by atoms with Crippen molar-refractivity contribution >= 4 is 17.5 Å². The number of benzene rings is 2. The van der Waals surface area contributed by atoms with Gasteiger partial charge in [-0.3, -0.25) is 9.59 Å². The lowest BCUT2D eigenvalue weighted by Gasteiger charge is -2.10. The van der Waals surface area contributed by atoms with Crippen LogP contribution in [-0.2, 0) is 16.1 Å². The van der Waals surface area contributed by atoms with Crippen LogP contribution in [0.3, 0.4) is 0 Å². The Bertz CT molecular complexity index is 774.